The molecule has 0 bridgehead atoms. The second kappa shape index (κ2) is 5.22. The average Bonchev–Trinajstić information content (AvgIpc) is 2.87. The fourth-order valence-electron chi connectivity index (χ4n) is 3.17. The molecule has 0 spiro atoms. The maximum absolute atomic E-state index is 4.50. The number of piperidine rings is 1. The molecule has 18 heavy (non-hydrogen) atoms. The Morgan fingerprint density at radius 3 is 3.06 bits per heavy atom. The van der Waals surface area contributed by atoms with Gasteiger partial charge in [0.15, 0.2) is 0 Å². The molecule has 4 nitrogen and oxygen atoms in total. The number of rotatable bonds is 3. The number of hydrogen-bond donors (Lipinski definition) is 1. The van der Waals surface area contributed by atoms with Gasteiger partial charge in [-0.2, -0.15) is 0 Å². The van der Waals surface area contributed by atoms with Gasteiger partial charge in [0.05, 0.1) is 0 Å². The van der Waals surface area contributed by atoms with E-state index in [2.05, 4.69) is 27.2 Å². The van der Waals surface area contributed by atoms with E-state index in [9.17, 15) is 0 Å². The van der Waals surface area contributed by atoms with Crippen LogP contribution in [-0.4, -0.2) is 36.1 Å². The lowest BCUT2D eigenvalue weighted by Gasteiger charge is -2.29. The molecule has 1 aromatic heterocycles. The van der Waals surface area contributed by atoms with Crippen LogP contribution in [0.5, 0.6) is 0 Å². The van der Waals surface area contributed by atoms with Gasteiger partial charge in [-0.15, -0.1) is 0 Å². The van der Waals surface area contributed by atoms with Gasteiger partial charge < -0.3 is 10.2 Å². The Balaban J connectivity index is 1.72. The monoisotopic (exact) mass is 246 g/mol. The summed E-state index contributed by atoms with van der Waals surface area (Å²) in [7, 11) is 2.16. The Morgan fingerprint density at radius 1 is 1.28 bits per heavy atom. The van der Waals surface area contributed by atoms with Crippen LogP contribution >= 0.6 is 0 Å². The van der Waals surface area contributed by atoms with E-state index in [-0.39, 0.29) is 0 Å². The smallest absolute Gasteiger partial charge is 0.135 e. The number of likely N-dealkylation sites (N-methyl/N-ethyl adjacent to an activating group) is 1. The highest BCUT2D eigenvalue weighted by Gasteiger charge is 2.21. The quantitative estimate of drug-likeness (QED) is 0.878. The Bertz CT molecular complexity index is 412. The normalized spacial score (nSPS) is 22.8. The van der Waals surface area contributed by atoms with Crippen LogP contribution in [0.2, 0.25) is 0 Å². The molecule has 0 radical (unpaired) electrons. The van der Waals surface area contributed by atoms with Gasteiger partial charge in [-0.3, -0.25) is 0 Å². The molecule has 1 aromatic rings. The van der Waals surface area contributed by atoms with Crippen molar-refractivity contribution in [1.82, 2.24) is 15.3 Å². The highest BCUT2D eigenvalue weighted by Crippen LogP contribution is 2.27. The molecule has 0 aromatic carbocycles. The lowest BCUT2D eigenvalue weighted by Crippen LogP contribution is -2.42. The van der Waals surface area contributed by atoms with Crippen molar-refractivity contribution in [3.63, 3.8) is 0 Å². The van der Waals surface area contributed by atoms with E-state index in [0.717, 1.165) is 25.2 Å². The van der Waals surface area contributed by atoms with Crippen molar-refractivity contribution in [2.75, 3.05) is 25.0 Å². The second-order valence-corrected chi connectivity index (χ2v) is 5.50. The Kier molecular flexibility index (Phi) is 3.46. The molecule has 1 N–H and O–H groups in total. The molecule has 1 atom stereocenters. The Morgan fingerprint density at radius 2 is 2.22 bits per heavy atom. The number of aryl methyl sites for hydroxylation is 1. The zero-order valence-electron chi connectivity index (χ0n) is 11.2. The predicted molar refractivity (Wildman–Crippen MR) is 73.0 cm³/mol. The lowest BCUT2D eigenvalue weighted by atomic mass is 10.0. The highest BCUT2D eigenvalue weighted by atomic mass is 15.2. The van der Waals surface area contributed by atoms with Gasteiger partial charge >= 0.3 is 0 Å². The molecule has 1 fully saturated rings. The van der Waals surface area contributed by atoms with Crippen molar-refractivity contribution in [2.24, 2.45) is 0 Å². The largest absolute Gasteiger partial charge is 0.358 e. The summed E-state index contributed by atoms with van der Waals surface area (Å²) in [5, 5.41) is 3.60. The van der Waals surface area contributed by atoms with Gasteiger partial charge in [0.2, 0.25) is 0 Å². The van der Waals surface area contributed by atoms with E-state index in [1.165, 1.54) is 43.5 Å². The summed E-state index contributed by atoms with van der Waals surface area (Å²) >= 11 is 0. The Hall–Kier alpha value is -1.16. The SMILES string of the molecule is CN(CC1CCCCN1)c1ncnc2c1CCC2. The minimum absolute atomic E-state index is 0.621. The summed E-state index contributed by atoms with van der Waals surface area (Å²) in [4.78, 5) is 11.2. The molecular formula is C14H22N4. The van der Waals surface area contributed by atoms with Gasteiger partial charge in [-0.05, 0) is 38.6 Å². The highest BCUT2D eigenvalue weighted by molar-refractivity contribution is 5.49. The summed E-state index contributed by atoms with van der Waals surface area (Å²) in [5.74, 6) is 1.16. The van der Waals surface area contributed by atoms with Gasteiger partial charge in [0.25, 0.3) is 0 Å². The average molecular weight is 246 g/mol. The number of nitrogens with zero attached hydrogens (tertiary/aromatic N) is 3. The molecule has 0 amide bonds. The van der Waals surface area contributed by atoms with Crippen molar-refractivity contribution in [2.45, 2.75) is 44.6 Å². The van der Waals surface area contributed by atoms with Gasteiger partial charge in [-0.25, -0.2) is 9.97 Å². The second-order valence-electron chi connectivity index (χ2n) is 5.50. The first-order valence-electron chi connectivity index (χ1n) is 7.12. The molecule has 1 aliphatic heterocycles. The van der Waals surface area contributed by atoms with Crippen LogP contribution in [-0.2, 0) is 12.8 Å². The van der Waals surface area contributed by atoms with Crippen molar-refractivity contribution in [3.8, 4) is 0 Å². The Labute approximate surface area is 109 Å². The van der Waals surface area contributed by atoms with E-state index in [4.69, 9.17) is 0 Å². The van der Waals surface area contributed by atoms with Gasteiger partial charge in [0, 0.05) is 30.9 Å². The van der Waals surface area contributed by atoms with E-state index < -0.39 is 0 Å². The third kappa shape index (κ3) is 2.34. The molecule has 3 rings (SSSR count). The van der Waals surface area contributed by atoms with E-state index in [0.29, 0.717) is 6.04 Å². The fraction of sp³-hybridized carbons (Fsp3) is 0.714. The van der Waals surface area contributed by atoms with Crippen molar-refractivity contribution in [1.29, 1.82) is 0 Å². The maximum atomic E-state index is 4.50. The van der Waals surface area contributed by atoms with Crippen LogP contribution < -0.4 is 10.2 Å². The first-order chi connectivity index (χ1) is 8.84. The number of fused-ring (bicyclic) bond motifs is 1. The standard InChI is InChI=1S/C14H22N4/c1-18(9-11-5-2-3-8-15-11)14-12-6-4-7-13(12)16-10-17-14/h10-11,15H,2-9H2,1H3. The third-order valence-corrected chi connectivity index (χ3v) is 4.12. The van der Waals surface area contributed by atoms with Crippen LogP contribution in [0.3, 0.4) is 0 Å². The van der Waals surface area contributed by atoms with E-state index in [1.807, 2.05) is 0 Å². The number of nitrogens with one attached hydrogen (secondary N) is 1. The van der Waals surface area contributed by atoms with E-state index >= 15 is 0 Å². The molecule has 1 unspecified atom stereocenters. The number of aromatic nitrogens is 2. The lowest BCUT2D eigenvalue weighted by molar-refractivity contribution is 0.402. The van der Waals surface area contributed by atoms with Crippen LogP contribution in [0.1, 0.15) is 36.9 Å². The van der Waals surface area contributed by atoms with Crippen LogP contribution in [0.15, 0.2) is 6.33 Å². The van der Waals surface area contributed by atoms with Crippen molar-refractivity contribution in [3.05, 3.63) is 17.6 Å². The van der Waals surface area contributed by atoms with Crippen LogP contribution in [0.4, 0.5) is 5.82 Å². The molecular weight excluding hydrogens is 224 g/mol. The van der Waals surface area contributed by atoms with Crippen LogP contribution in [0, 0.1) is 0 Å². The van der Waals surface area contributed by atoms with E-state index in [1.54, 1.807) is 6.33 Å². The topological polar surface area (TPSA) is 41.0 Å². The maximum Gasteiger partial charge on any atom is 0.135 e. The molecule has 1 saturated heterocycles. The zero-order valence-corrected chi connectivity index (χ0v) is 11.2. The minimum Gasteiger partial charge on any atom is -0.358 e. The third-order valence-electron chi connectivity index (χ3n) is 4.12. The summed E-state index contributed by atoms with van der Waals surface area (Å²) in [5.41, 5.74) is 2.65. The molecule has 4 heteroatoms. The van der Waals surface area contributed by atoms with Crippen molar-refractivity contribution < 1.29 is 0 Å². The van der Waals surface area contributed by atoms with Crippen molar-refractivity contribution >= 4 is 5.82 Å². The van der Waals surface area contributed by atoms with Gasteiger partial charge in [-0.1, -0.05) is 6.42 Å². The molecule has 0 saturated carbocycles. The molecule has 98 valence electrons. The predicted octanol–water partition coefficient (Wildman–Crippen LogP) is 1.54. The number of hydrogen-bond acceptors (Lipinski definition) is 4. The summed E-state index contributed by atoms with van der Waals surface area (Å²) in [6, 6.07) is 0.621. The first kappa shape index (κ1) is 11.9. The molecule has 1 aliphatic carbocycles. The first-order valence-corrected chi connectivity index (χ1v) is 7.12. The summed E-state index contributed by atoms with van der Waals surface area (Å²) in [6.45, 7) is 2.23. The summed E-state index contributed by atoms with van der Waals surface area (Å²) in [6.07, 6.45) is 9.20. The van der Waals surface area contributed by atoms with Gasteiger partial charge in [0.1, 0.15) is 12.1 Å². The molecule has 2 aliphatic rings. The fourth-order valence-corrected chi connectivity index (χ4v) is 3.17. The number of anilines is 1. The molecule has 2 heterocycles. The summed E-state index contributed by atoms with van der Waals surface area (Å²) < 4.78 is 0. The zero-order chi connectivity index (χ0) is 12.4. The van der Waals surface area contributed by atoms with Crippen LogP contribution in [0.25, 0.3) is 0 Å². The minimum atomic E-state index is 0.621.